The number of likely N-dealkylation sites (N-methyl/N-ethyl adjacent to an activating group) is 1. The molecule has 1 aromatic carbocycles. The molecule has 20 heavy (non-hydrogen) atoms. The number of benzene rings is 1. The van der Waals surface area contributed by atoms with Crippen LogP contribution in [0, 0.1) is 0 Å². The van der Waals surface area contributed by atoms with Crippen LogP contribution in [0.1, 0.15) is 13.3 Å². The lowest BCUT2D eigenvalue weighted by Crippen LogP contribution is -2.40. The van der Waals surface area contributed by atoms with E-state index in [0.717, 1.165) is 10.9 Å². The fourth-order valence-corrected chi connectivity index (χ4v) is 1.81. The van der Waals surface area contributed by atoms with Crippen molar-refractivity contribution in [1.82, 2.24) is 10.2 Å². The van der Waals surface area contributed by atoms with Crippen molar-refractivity contribution < 1.29 is 14.3 Å². The summed E-state index contributed by atoms with van der Waals surface area (Å²) in [7, 11) is 1.58. The van der Waals surface area contributed by atoms with E-state index in [1.165, 1.54) is 4.90 Å². The maximum absolute atomic E-state index is 11.8. The smallest absolute Gasteiger partial charge is 0.260 e. The van der Waals surface area contributed by atoms with Gasteiger partial charge in [0.2, 0.25) is 5.91 Å². The van der Waals surface area contributed by atoms with Crippen LogP contribution in [0.2, 0.25) is 0 Å². The van der Waals surface area contributed by atoms with Gasteiger partial charge in [-0.25, -0.2) is 0 Å². The molecule has 0 aliphatic carbocycles. The van der Waals surface area contributed by atoms with Crippen LogP contribution in [0.3, 0.4) is 0 Å². The minimum absolute atomic E-state index is 0.0423. The third-order valence-corrected chi connectivity index (χ3v) is 3.03. The minimum Gasteiger partial charge on any atom is -0.484 e. The Bertz CT molecular complexity index is 465. The number of carbonyl (C=O) groups is 2. The first-order chi connectivity index (χ1) is 9.52. The van der Waals surface area contributed by atoms with Crippen molar-refractivity contribution in [2.75, 3.05) is 26.7 Å². The molecular formula is C14H19BrN2O3. The molecule has 0 aliphatic heterocycles. The summed E-state index contributed by atoms with van der Waals surface area (Å²) in [6, 6.07) is 7.25. The fourth-order valence-electron chi connectivity index (χ4n) is 1.44. The topological polar surface area (TPSA) is 58.6 Å². The molecule has 1 N–H and O–H groups in total. The zero-order chi connectivity index (χ0) is 15.0. The van der Waals surface area contributed by atoms with Crippen LogP contribution in [0.25, 0.3) is 0 Å². The van der Waals surface area contributed by atoms with Gasteiger partial charge < -0.3 is 15.0 Å². The van der Waals surface area contributed by atoms with Crippen LogP contribution in [-0.2, 0) is 9.59 Å². The molecule has 0 radical (unpaired) electrons. The van der Waals surface area contributed by atoms with Gasteiger partial charge in [0.25, 0.3) is 5.91 Å². The number of nitrogens with zero attached hydrogens (tertiary/aromatic N) is 1. The van der Waals surface area contributed by atoms with E-state index in [2.05, 4.69) is 21.2 Å². The Morgan fingerprint density at radius 3 is 2.80 bits per heavy atom. The van der Waals surface area contributed by atoms with Crippen molar-refractivity contribution in [2.45, 2.75) is 13.3 Å². The van der Waals surface area contributed by atoms with E-state index < -0.39 is 0 Å². The Labute approximate surface area is 127 Å². The number of hydrogen-bond acceptors (Lipinski definition) is 3. The van der Waals surface area contributed by atoms with E-state index in [1.807, 2.05) is 19.1 Å². The summed E-state index contributed by atoms with van der Waals surface area (Å²) in [5.41, 5.74) is 0. The molecule has 0 bridgehead atoms. The highest BCUT2D eigenvalue weighted by Gasteiger charge is 2.13. The van der Waals surface area contributed by atoms with Gasteiger partial charge in [0, 0.05) is 18.1 Å². The second-order valence-electron chi connectivity index (χ2n) is 4.35. The van der Waals surface area contributed by atoms with Crippen molar-refractivity contribution in [3.63, 3.8) is 0 Å². The Morgan fingerprint density at radius 1 is 1.40 bits per heavy atom. The number of amides is 2. The molecule has 0 heterocycles. The zero-order valence-corrected chi connectivity index (χ0v) is 13.3. The van der Waals surface area contributed by atoms with Gasteiger partial charge in [-0.15, -0.1) is 0 Å². The highest BCUT2D eigenvalue weighted by Crippen LogP contribution is 2.17. The van der Waals surface area contributed by atoms with Crippen molar-refractivity contribution >= 4 is 27.7 Å². The molecule has 0 saturated carbocycles. The van der Waals surface area contributed by atoms with Crippen LogP contribution in [0.15, 0.2) is 28.7 Å². The van der Waals surface area contributed by atoms with Gasteiger partial charge in [-0.1, -0.05) is 28.9 Å². The second kappa shape index (κ2) is 8.58. The molecule has 0 atom stereocenters. The zero-order valence-electron chi connectivity index (χ0n) is 11.7. The fraction of sp³-hybridized carbons (Fsp3) is 0.429. The lowest BCUT2D eigenvalue weighted by molar-refractivity contribution is -0.136. The van der Waals surface area contributed by atoms with Crippen LogP contribution in [0.4, 0.5) is 0 Å². The van der Waals surface area contributed by atoms with Crippen molar-refractivity contribution in [3.8, 4) is 5.75 Å². The Morgan fingerprint density at radius 2 is 2.15 bits per heavy atom. The molecule has 0 spiro atoms. The number of rotatable bonds is 7. The summed E-state index contributed by atoms with van der Waals surface area (Å²) in [4.78, 5) is 24.7. The predicted octanol–water partition coefficient (Wildman–Crippen LogP) is 1.81. The summed E-state index contributed by atoms with van der Waals surface area (Å²) in [6.07, 6.45) is 0.870. The third-order valence-electron chi connectivity index (χ3n) is 2.54. The largest absolute Gasteiger partial charge is 0.484 e. The highest BCUT2D eigenvalue weighted by molar-refractivity contribution is 9.10. The number of hydrogen-bond donors (Lipinski definition) is 1. The molecule has 0 aliphatic rings. The normalized spacial score (nSPS) is 9.95. The van der Waals surface area contributed by atoms with Crippen molar-refractivity contribution in [2.24, 2.45) is 0 Å². The second-order valence-corrected chi connectivity index (χ2v) is 5.26. The van der Waals surface area contributed by atoms with Gasteiger partial charge in [-0.2, -0.15) is 0 Å². The Balaban J connectivity index is 2.36. The average Bonchev–Trinajstić information content (AvgIpc) is 2.42. The number of ether oxygens (including phenoxy) is 1. The molecular weight excluding hydrogens is 324 g/mol. The molecule has 0 aromatic heterocycles. The monoisotopic (exact) mass is 342 g/mol. The van der Waals surface area contributed by atoms with Crippen molar-refractivity contribution in [1.29, 1.82) is 0 Å². The molecule has 0 unspecified atom stereocenters. The molecule has 6 heteroatoms. The van der Waals surface area contributed by atoms with Gasteiger partial charge in [-0.3, -0.25) is 9.59 Å². The van der Waals surface area contributed by atoms with Crippen molar-refractivity contribution in [3.05, 3.63) is 28.7 Å². The van der Waals surface area contributed by atoms with Gasteiger partial charge in [0.05, 0.1) is 6.54 Å². The van der Waals surface area contributed by atoms with Crippen LogP contribution >= 0.6 is 15.9 Å². The van der Waals surface area contributed by atoms with Crippen LogP contribution < -0.4 is 10.1 Å². The lowest BCUT2D eigenvalue weighted by Gasteiger charge is -2.17. The number of halogens is 1. The third kappa shape index (κ3) is 6.06. The maximum atomic E-state index is 11.8. The number of nitrogens with one attached hydrogen (secondary N) is 1. The summed E-state index contributed by atoms with van der Waals surface area (Å²) in [5, 5.41) is 2.72. The van der Waals surface area contributed by atoms with E-state index >= 15 is 0 Å². The van der Waals surface area contributed by atoms with Gasteiger partial charge >= 0.3 is 0 Å². The van der Waals surface area contributed by atoms with E-state index in [1.54, 1.807) is 19.2 Å². The van der Waals surface area contributed by atoms with Gasteiger partial charge in [0.15, 0.2) is 6.61 Å². The summed E-state index contributed by atoms with van der Waals surface area (Å²) in [6.45, 7) is 2.55. The molecule has 110 valence electrons. The molecule has 2 amide bonds. The van der Waals surface area contributed by atoms with E-state index in [-0.39, 0.29) is 25.0 Å². The molecule has 0 saturated heterocycles. The molecule has 0 fully saturated rings. The predicted molar refractivity (Wildman–Crippen MR) is 80.6 cm³/mol. The average molecular weight is 343 g/mol. The molecule has 5 nitrogen and oxygen atoms in total. The van der Waals surface area contributed by atoms with E-state index in [9.17, 15) is 9.59 Å². The SMILES string of the molecule is CCCNC(=O)CN(C)C(=O)COc1cccc(Br)c1. The maximum Gasteiger partial charge on any atom is 0.260 e. The minimum atomic E-state index is -0.239. The number of carbonyl (C=O) groups excluding carboxylic acids is 2. The molecule has 1 rings (SSSR count). The first kappa shape index (κ1) is 16.5. The van der Waals surface area contributed by atoms with Crippen LogP contribution in [0.5, 0.6) is 5.75 Å². The first-order valence-corrected chi connectivity index (χ1v) is 7.21. The van der Waals surface area contributed by atoms with Gasteiger partial charge in [0.1, 0.15) is 5.75 Å². The summed E-state index contributed by atoms with van der Waals surface area (Å²) < 4.78 is 6.26. The van der Waals surface area contributed by atoms with Crippen LogP contribution in [-0.4, -0.2) is 43.5 Å². The van der Waals surface area contributed by atoms with E-state index in [4.69, 9.17) is 4.74 Å². The Hall–Kier alpha value is -1.56. The lowest BCUT2D eigenvalue weighted by atomic mass is 10.3. The standard InChI is InChI=1S/C14H19BrN2O3/c1-3-7-16-13(18)9-17(2)14(19)10-20-12-6-4-5-11(15)8-12/h4-6,8H,3,7,9-10H2,1-2H3,(H,16,18). The Kier molecular flexibility index (Phi) is 7.08. The highest BCUT2D eigenvalue weighted by atomic mass is 79.9. The van der Waals surface area contributed by atoms with Gasteiger partial charge in [-0.05, 0) is 24.6 Å². The summed E-state index contributed by atoms with van der Waals surface area (Å²) >= 11 is 3.33. The van der Waals surface area contributed by atoms with E-state index in [0.29, 0.717) is 12.3 Å². The molecule has 1 aromatic rings. The quantitative estimate of drug-likeness (QED) is 0.822. The first-order valence-electron chi connectivity index (χ1n) is 6.42. The summed E-state index contributed by atoms with van der Waals surface area (Å²) in [5.74, 6) is 0.207.